The molecule has 3 atom stereocenters. The van der Waals surface area contributed by atoms with Crippen LogP contribution in [0.15, 0.2) is 11.1 Å². The van der Waals surface area contributed by atoms with Crippen molar-refractivity contribution in [2.75, 3.05) is 11.9 Å². The summed E-state index contributed by atoms with van der Waals surface area (Å²) in [7, 11) is 0. The minimum absolute atomic E-state index is 0.0299. The van der Waals surface area contributed by atoms with Crippen LogP contribution in [0.4, 0.5) is 5.95 Å². The quantitative estimate of drug-likeness (QED) is 0.660. The highest BCUT2D eigenvalue weighted by molar-refractivity contribution is 5.87. The molecular formula is C16H19N5O7. The van der Waals surface area contributed by atoms with E-state index in [4.69, 9.17) is 14.2 Å². The Bertz CT molecular complexity index is 981. The number of carbonyl (C=O) groups is 3. The lowest BCUT2D eigenvalue weighted by Gasteiger charge is -2.17. The molecule has 1 aliphatic rings. The predicted molar refractivity (Wildman–Crippen MR) is 93.2 cm³/mol. The molecule has 1 fully saturated rings. The van der Waals surface area contributed by atoms with Crippen molar-refractivity contribution in [3.63, 3.8) is 0 Å². The maximum absolute atomic E-state index is 12.2. The van der Waals surface area contributed by atoms with E-state index in [1.54, 1.807) is 0 Å². The number of imidazole rings is 1. The number of carbonyl (C=O) groups excluding carboxylic acids is 3. The third-order valence-corrected chi connectivity index (χ3v) is 3.99. The van der Waals surface area contributed by atoms with Crippen LogP contribution in [0.3, 0.4) is 0 Å². The van der Waals surface area contributed by atoms with Gasteiger partial charge in [-0.05, 0) is 0 Å². The lowest BCUT2D eigenvalue weighted by molar-refractivity contribution is -0.155. The van der Waals surface area contributed by atoms with E-state index in [-0.39, 0.29) is 30.1 Å². The molecule has 0 aliphatic carbocycles. The van der Waals surface area contributed by atoms with Gasteiger partial charge in [0.1, 0.15) is 25.0 Å². The zero-order valence-corrected chi connectivity index (χ0v) is 15.4. The summed E-state index contributed by atoms with van der Waals surface area (Å²) in [6.07, 6.45) is -0.410. The third kappa shape index (κ3) is 4.17. The molecule has 28 heavy (non-hydrogen) atoms. The molecule has 2 aromatic heterocycles. The van der Waals surface area contributed by atoms with Crippen molar-refractivity contribution >= 4 is 35.0 Å². The van der Waals surface area contributed by atoms with Crippen LogP contribution in [-0.2, 0) is 28.6 Å². The topological polar surface area (TPSA) is 155 Å². The summed E-state index contributed by atoms with van der Waals surface area (Å²) in [6, 6.07) is 0. The number of H-pyrrole nitrogens is 1. The van der Waals surface area contributed by atoms with Crippen molar-refractivity contribution in [2.45, 2.75) is 45.6 Å². The molecule has 0 aromatic carbocycles. The minimum atomic E-state index is -0.688. The maximum atomic E-state index is 12.2. The van der Waals surface area contributed by atoms with Crippen molar-refractivity contribution in [1.29, 1.82) is 0 Å². The smallest absolute Gasteiger partial charge is 0.303 e. The van der Waals surface area contributed by atoms with E-state index in [2.05, 4.69) is 20.3 Å². The molecule has 0 bridgehead atoms. The number of rotatable bonds is 5. The summed E-state index contributed by atoms with van der Waals surface area (Å²) in [6.45, 7) is 3.71. The first-order valence-electron chi connectivity index (χ1n) is 8.45. The van der Waals surface area contributed by atoms with Gasteiger partial charge in [0.05, 0.1) is 6.33 Å². The molecule has 2 aromatic rings. The molecule has 1 amide bonds. The number of hydrogen-bond acceptors (Lipinski definition) is 9. The fourth-order valence-electron chi connectivity index (χ4n) is 2.92. The number of ether oxygens (including phenoxy) is 3. The van der Waals surface area contributed by atoms with Crippen molar-refractivity contribution in [1.82, 2.24) is 19.5 Å². The van der Waals surface area contributed by atoms with E-state index < -0.39 is 41.8 Å². The molecule has 3 heterocycles. The Kier molecular flexibility index (Phi) is 5.40. The van der Waals surface area contributed by atoms with E-state index in [0.29, 0.717) is 0 Å². The van der Waals surface area contributed by atoms with Crippen LogP contribution >= 0.6 is 0 Å². The standard InChI is InChI=1S/C16H19N5O7/c1-7(22)18-16-19-14-13(15(25)20-16)17-6-21(14)12-4-10(27-9(3)24)11(28-12)5-26-8(2)23/h6,10-12H,4-5H2,1-3H3,(H2,18,19,20,22,25). The van der Waals surface area contributed by atoms with Gasteiger partial charge in [-0.25, -0.2) is 4.98 Å². The average molecular weight is 393 g/mol. The van der Waals surface area contributed by atoms with Gasteiger partial charge in [-0.2, -0.15) is 4.98 Å². The Morgan fingerprint density at radius 1 is 1.32 bits per heavy atom. The molecule has 1 aliphatic heterocycles. The summed E-state index contributed by atoms with van der Waals surface area (Å²) in [5.74, 6) is -1.42. The molecule has 12 nitrogen and oxygen atoms in total. The highest BCUT2D eigenvalue weighted by Crippen LogP contribution is 2.32. The summed E-state index contributed by atoms with van der Waals surface area (Å²) < 4.78 is 17.6. The highest BCUT2D eigenvalue weighted by Gasteiger charge is 2.40. The Morgan fingerprint density at radius 3 is 2.71 bits per heavy atom. The zero-order chi connectivity index (χ0) is 20.4. The van der Waals surface area contributed by atoms with E-state index >= 15 is 0 Å². The Hall–Kier alpha value is -3.28. The number of amides is 1. The first-order valence-corrected chi connectivity index (χ1v) is 8.45. The van der Waals surface area contributed by atoms with Crippen LogP contribution in [0, 0.1) is 0 Å². The normalized spacial score (nSPS) is 21.5. The second-order valence-electron chi connectivity index (χ2n) is 6.24. The van der Waals surface area contributed by atoms with Gasteiger partial charge in [0.25, 0.3) is 5.56 Å². The van der Waals surface area contributed by atoms with E-state index in [9.17, 15) is 19.2 Å². The van der Waals surface area contributed by atoms with Gasteiger partial charge in [0.15, 0.2) is 11.2 Å². The van der Waals surface area contributed by atoms with Gasteiger partial charge in [0, 0.05) is 27.2 Å². The summed E-state index contributed by atoms with van der Waals surface area (Å²) in [5, 5.41) is 2.41. The fourth-order valence-corrected chi connectivity index (χ4v) is 2.92. The molecule has 150 valence electrons. The Balaban J connectivity index is 1.91. The SMILES string of the molecule is CC(=O)Nc1nc2c(ncn2C2CC(OC(C)=O)C(COC(C)=O)O2)c(=O)[nH]1. The van der Waals surface area contributed by atoms with Crippen LogP contribution in [-0.4, -0.2) is 56.2 Å². The first kappa shape index (κ1) is 19.5. The third-order valence-electron chi connectivity index (χ3n) is 3.99. The van der Waals surface area contributed by atoms with E-state index in [1.165, 1.54) is 31.7 Å². The van der Waals surface area contributed by atoms with E-state index in [1.807, 2.05) is 0 Å². The number of hydrogen-bond donors (Lipinski definition) is 2. The van der Waals surface area contributed by atoms with Gasteiger partial charge in [-0.3, -0.25) is 34.0 Å². The van der Waals surface area contributed by atoms with Crippen molar-refractivity contribution in [3.8, 4) is 0 Å². The fraction of sp³-hybridized carbons (Fsp3) is 0.500. The Morgan fingerprint density at radius 2 is 2.07 bits per heavy atom. The Labute approximate surface area is 158 Å². The molecule has 0 spiro atoms. The molecule has 3 rings (SSSR count). The number of nitrogens with one attached hydrogen (secondary N) is 2. The molecule has 0 radical (unpaired) electrons. The molecule has 3 unspecified atom stereocenters. The largest absolute Gasteiger partial charge is 0.463 e. The average Bonchev–Trinajstić information content (AvgIpc) is 3.16. The van der Waals surface area contributed by atoms with Crippen molar-refractivity contribution in [2.24, 2.45) is 0 Å². The maximum Gasteiger partial charge on any atom is 0.303 e. The molecular weight excluding hydrogens is 374 g/mol. The van der Waals surface area contributed by atoms with Gasteiger partial charge in [-0.1, -0.05) is 0 Å². The number of fused-ring (bicyclic) bond motifs is 1. The monoisotopic (exact) mass is 393 g/mol. The summed E-state index contributed by atoms with van der Waals surface area (Å²) in [4.78, 5) is 56.6. The van der Waals surface area contributed by atoms with Gasteiger partial charge >= 0.3 is 11.9 Å². The number of nitrogens with zero attached hydrogens (tertiary/aromatic N) is 3. The van der Waals surface area contributed by atoms with Gasteiger partial charge in [-0.15, -0.1) is 0 Å². The van der Waals surface area contributed by atoms with Crippen molar-refractivity contribution in [3.05, 3.63) is 16.7 Å². The zero-order valence-electron chi connectivity index (χ0n) is 15.4. The van der Waals surface area contributed by atoms with Crippen LogP contribution in [0.1, 0.15) is 33.4 Å². The second kappa shape index (κ2) is 7.76. The summed E-state index contributed by atoms with van der Waals surface area (Å²) in [5.41, 5.74) is -0.282. The highest BCUT2D eigenvalue weighted by atomic mass is 16.6. The van der Waals surface area contributed by atoms with E-state index in [0.717, 1.165) is 0 Å². The van der Waals surface area contributed by atoms with Crippen LogP contribution in [0.2, 0.25) is 0 Å². The molecule has 1 saturated heterocycles. The lowest BCUT2D eigenvalue weighted by Crippen LogP contribution is -2.31. The number of anilines is 1. The van der Waals surface area contributed by atoms with Crippen LogP contribution in [0.25, 0.3) is 11.2 Å². The number of aromatic nitrogens is 4. The number of esters is 2. The van der Waals surface area contributed by atoms with Crippen molar-refractivity contribution < 1.29 is 28.6 Å². The molecule has 0 saturated carbocycles. The van der Waals surface area contributed by atoms with Gasteiger partial charge in [0.2, 0.25) is 11.9 Å². The minimum Gasteiger partial charge on any atom is -0.463 e. The van der Waals surface area contributed by atoms with Gasteiger partial charge < -0.3 is 14.2 Å². The number of aromatic amines is 1. The van der Waals surface area contributed by atoms with Crippen LogP contribution in [0.5, 0.6) is 0 Å². The predicted octanol–water partition coefficient (Wildman–Crippen LogP) is -0.140. The van der Waals surface area contributed by atoms with Crippen LogP contribution < -0.4 is 10.9 Å². The first-order chi connectivity index (χ1) is 13.2. The molecule has 12 heteroatoms. The lowest BCUT2D eigenvalue weighted by atomic mass is 10.2. The summed E-state index contributed by atoms with van der Waals surface area (Å²) >= 11 is 0. The molecule has 2 N–H and O–H groups in total. The second-order valence-corrected chi connectivity index (χ2v) is 6.24.